The molecular formula is C15H21NO3S. The van der Waals surface area contributed by atoms with Crippen LogP contribution in [0, 0.1) is 13.8 Å². The smallest absolute Gasteiger partial charge is 0.243 e. The Balaban J connectivity index is 2.39. The van der Waals surface area contributed by atoms with E-state index in [1.54, 1.807) is 6.07 Å². The third-order valence-corrected chi connectivity index (χ3v) is 5.87. The Labute approximate surface area is 120 Å². The van der Waals surface area contributed by atoms with Crippen LogP contribution in [0.15, 0.2) is 23.1 Å². The number of sulfonamides is 1. The van der Waals surface area contributed by atoms with Crippen molar-refractivity contribution in [3.8, 4) is 0 Å². The van der Waals surface area contributed by atoms with Gasteiger partial charge in [0.15, 0.2) is 0 Å². The van der Waals surface area contributed by atoms with E-state index >= 15 is 0 Å². The van der Waals surface area contributed by atoms with Crippen molar-refractivity contribution in [2.24, 2.45) is 0 Å². The third kappa shape index (κ3) is 2.94. The first-order valence-electron chi connectivity index (χ1n) is 6.91. The molecule has 1 fully saturated rings. The Bertz CT molecular complexity index is 622. The first-order valence-corrected chi connectivity index (χ1v) is 8.35. The van der Waals surface area contributed by atoms with Crippen molar-refractivity contribution >= 4 is 15.8 Å². The van der Waals surface area contributed by atoms with Crippen LogP contribution in [0.3, 0.4) is 0 Å². The molecule has 0 amide bonds. The zero-order chi connectivity index (χ0) is 14.9. The molecule has 1 unspecified atom stereocenters. The fourth-order valence-electron chi connectivity index (χ4n) is 2.77. The summed E-state index contributed by atoms with van der Waals surface area (Å²) in [5.74, 6) is 0.0399. The molecule has 1 aliphatic heterocycles. The molecule has 2 rings (SSSR count). The van der Waals surface area contributed by atoms with E-state index in [4.69, 9.17) is 0 Å². The van der Waals surface area contributed by atoms with E-state index in [-0.39, 0.29) is 11.8 Å². The number of carbonyl (C=O) groups excluding carboxylic acids is 1. The molecule has 1 heterocycles. The molecule has 1 atom stereocenters. The molecule has 0 aliphatic carbocycles. The van der Waals surface area contributed by atoms with Gasteiger partial charge in [-0.3, -0.25) is 4.79 Å². The maximum absolute atomic E-state index is 12.8. The van der Waals surface area contributed by atoms with Crippen molar-refractivity contribution in [3.63, 3.8) is 0 Å². The van der Waals surface area contributed by atoms with Gasteiger partial charge in [0.05, 0.1) is 4.90 Å². The molecule has 20 heavy (non-hydrogen) atoms. The molecule has 0 spiro atoms. The van der Waals surface area contributed by atoms with Gasteiger partial charge < -0.3 is 0 Å². The number of hydrogen-bond donors (Lipinski definition) is 0. The van der Waals surface area contributed by atoms with Crippen molar-refractivity contribution in [2.75, 3.05) is 6.54 Å². The number of aryl methyl sites for hydroxylation is 2. The van der Waals surface area contributed by atoms with Crippen molar-refractivity contribution < 1.29 is 13.2 Å². The highest BCUT2D eigenvalue weighted by Crippen LogP contribution is 2.29. The summed E-state index contributed by atoms with van der Waals surface area (Å²) < 4.78 is 27.1. The second-order valence-electron chi connectivity index (χ2n) is 5.59. The topological polar surface area (TPSA) is 54.5 Å². The number of rotatable bonds is 4. The molecule has 4 nitrogen and oxygen atoms in total. The van der Waals surface area contributed by atoms with E-state index in [9.17, 15) is 13.2 Å². The van der Waals surface area contributed by atoms with E-state index < -0.39 is 10.0 Å². The normalized spacial score (nSPS) is 20.2. The molecule has 0 bridgehead atoms. The fourth-order valence-corrected chi connectivity index (χ4v) is 4.78. The van der Waals surface area contributed by atoms with Crippen LogP contribution in [0.25, 0.3) is 0 Å². The van der Waals surface area contributed by atoms with Crippen molar-refractivity contribution in [1.82, 2.24) is 4.31 Å². The second-order valence-corrected chi connectivity index (χ2v) is 7.45. The third-order valence-electron chi connectivity index (χ3n) is 3.78. The number of hydrogen-bond acceptors (Lipinski definition) is 3. The first-order chi connectivity index (χ1) is 9.32. The predicted molar refractivity (Wildman–Crippen MR) is 78.1 cm³/mol. The lowest BCUT2D eigenvalue weighted by Crippen LogP contribution is -2.36. The molecule has 0 aromatic heterocycles. The van der Waals surface area contributed by atoms with Crippen LogP contribution in [0.2, 0.25) is 0 Å². The van der Waals surface area contributed by atoms with Gasteiger partial charge in [-0.15, -0.1) is 0 Å². The Morgan fingerprint density at radius 1 is 1.35 bits per heavy atom. The summed E-state index contributed by atoms with van der Waals surface area (Å²) in [7, 11) is -3.51. The molecule has 110 valence electrons. The lowest BCUT2D eigenvalue weighted by Gasteiger charge is -2.24. The Morgan fingerprint density at radius 2 is 2.05 bits per heavy atom. The minimum absolute atomic E-state index is 0.0399. The van der Waals surface area contributed by atoms with Crippen LogP contribution in [-0.4, -0.2) is 31.1 Å². The standard InChI is InChI=1S/C15H21NO3S/c1-11-6-7-12(2)15(9-11)20(18,19)16-8-4-5-14(16)10-13(3)17/h6-7,9,14H,4-5,8,10H2,1-3H3. The summed E-state index contributed by atoms with van der Waals surface area (Å²) in [5.41, 5.74) is 1.68. The van der Waals surface area contributed by atoms with Gasteiger partial charge in [-0.2, -0.15) is 4.31 Å². The van der Waals surface area contributed by atoms with Crippen molar-refractivity contribution in [2.45, 2.75) is 51.0 Å². The van der Waals surface area contributed by atoms with E-state index in [1.807, 2.05) is 26.0 Å². The van der Waals surface area contributed by atoms with E-state index in [2.05, 4.69) is 0 Å². The molecule has 1 aromatic carbocycles. The van der Waals surface area contributed by atoms with Gasteiger partial charge in [0.1, 0.15) is 5.78 Å². The van der Waals surface area contributed by atoms with E-state index in [0.717, 1.165) is 24.0 Å². The SMILES string of the molecule is CC(=O)CC1CCCN1S(=O)(=O)c1cc(C)ccc1C. The number of carbonyl (C=O) groups is 1. The van der Waals surface area contributed by atoms with Crippen LogP contribution in [-0.2, 0) is 14.8 Å². The number of ketones is 1. The highest BCUT2D eigenvalue weighted by atomic mass is 32.2. The van der Waals surface area contributed by atoms with Crippen molar-refractivity contribution in [3.05, 3.63) is 29.3 Å². The Morgan fingerprint density at radius 3 is 2.70 bits per heavy atom. The summed E-state index contributed by atoms with van der Waals surface area (Å²) in [4.78, 5) is 11.7. The quantitative estimate of drug-likeness (QED) is 0.857. The zero-order valence-corrected chi connectivity index (χ0v) is 13.0. The number of Topliss-reactive ketones (excluding diaryl/α,β-unsaturated/α-hetero) is 1. The first kappa shape index (κ1) is 15.2. The Hall–Kier alpha value is -1.20. The van der Waals surface area contributed by atoms with Gasteiger partial charge in [0.25, 0.3) is 0 Å². The fraction of sp³-hybridized carbons (Fsp3) is 0.533. The monoisotopic (exact) mass is 295 g/mol. The molecule has 0 N–H and O–H groups in total. The molecular weight excluding hydrogens is 274 g/mol. The summed E-state index contributed by atoms with van der Waals surface area (Å²) in [6.07, 6.45) is 1.90. The van der Waals surface area contributed by atoms with Crippen LogP contribution in [0.4, 0.5) is 0 Å². The molecule has 1 aliphatic rings. The highest BCUT2D eigenvalue weighted by molar-refractivity contribution is 7.89. The Kier molecular flexibility index (Phi) is 4.30. The molecule has 1 saturated heterocycles. The maximum atomic E-state index is 12.8. The van der Waals surface area contributed by atoms with Crippen LogP contribution >= 0.6 is 0 Å². The van der Waals surface area contributed by atoms with Crippen LogP contribution in [0.5, 0.6) is 0 Å². The minimum atomic E-state index is -3.51. The molecule has 1 aromatic rings. The maximum Gasteiger partial charge on any atom is 0.243 e. The van der Waals surface area contributed by atoms with Gasteiger partial charge >= 0.3 is 0 Å². The van der Waals surface area contributed by atoms with Crippen LogP contribution < -0.4 is 0 Å². The molecule has 0 saturated carbocycles. The summed E-state index contributed by atoms with van der Waals surface area (Å²) >= 11 is 0. The van der Waals surface area contributed by atoms with Gasteiger partial charge in [-0.25, -0.2) is 8.42 Å². The number of nitrogens with zero attached hydrogens (tertiary/aromatic N) is 1. The predicted octanol–water partition coefficient (Wildman–Crippen LogP) is 2.44. The largest absolute Gasteiger partial charge is 0.300 e. The summed E-state index contributed by atoms with van der Waals surface area (Å²) in [6.45, 7) is 5.71. The van der Waals surface area contributed by atoms with Gasteiger partial charge in [-0.1, -0.05) is 12.1 Å². The van der Waals surface area contributed by atoms with Gasteiger partial charge in [0, 0.05) is 19.0 Å². The van der Waals surface area contributed by atoms with Crippen LogP contribution in [0.1, 0.15) is 37.3 Å². The lowest BCUT2D eigenvalue weighted by molar-refractivity contribution is -0.117. The van der Waals surface area contributed by atoms with E-state index in [0.29, 0.717) is 17.9 Å². The molecule has 5 heteroatoms. The average Bonchev–Trinajstić information content (AvgIpc) is 2.80. The zero-order valence-electron chi connectivity index (χ0n) is 12.2. The van der Waals surface area contributed by atoms with E-state index in [1.165, 1.54) is 11.2 Å². The number of benzene rings is 1. The molecule has 0 radical (unpaired) electrons. The summed E-state index contributed by atoms with van der Waals surface area (Å²) in [6, 6.07) is 5.27. The highest BCUT2D eigenvalue weighted by Gasteiger charge is 2.36. The summed E-state index contributed by atoms with van der Waals surface area (Å²) in [5, 5.41) is 0. The van der Waals surface area contributed by atoms with Gasteiger partial charge in [-0.05, 0) is 50.8 Å². The lowest BCUT2D eigenvalue weighted by atomic mass is 10.1. The van der Waals surface area contributed by atoms with Gasteiger partial charge in [0.2, 0.25) is 10.0 Å². The second kappa shape index (κ2) is 5.66. The van der Waals surface area contributed by atoms with Crippen molar-refractivity contribution in [1.29, 1.82) is 0 Å². The average molecular weight is 295 g/mol. The minimum Gasteiger partial charge on any atom is -0.300 e.